The number of likely N-dealkylation sites (tertiary alicyclic amines) is 2. The minimum atomic E-state index is -0.649. The molecule has 158 valence electrons. The van der Waals surface area contributed by atoms with Crippen molar-refractivity contribution in [2.75, 3.05) is 46.3 Å². The van der Waals surface area contributed by atoms with Crippen LogP contribution in [0.2, 0.25) is 0 Å². The first kappa shape index (κ1) is 22.1. The van der Waals surface area contributed by atoms with Gasteiger partial charge in [-0.3, -0.25) is 19.2 Å². The number of rotatable bonds is 9. The normalized spacial score (nSPS) is 19.1. The predicted octanol–water partition coefficient (Wildman–Crippen LogP) is -1.07. The quantitative estimate of drug-likeness (QED) is 0.431. The van der Waals surface area contributed by atoms with Crippen LogP contribution in [0.4, 0.5) is 0 Å². The largest absolute Gasteiger partial charge is 0.345 e. The molecule has 1 atom stereocenters. The lowest BCUT2D eigenvalue weighted by molar-refractivity contribution is -0.148. The van der Waals surface area contributed by atoms with Crippen molar-refractivity contribution in [1.29, 1.82) is 0 Å². The summed E-state index contributed by atoms with van der Waals surface area (Å²) in [4.78, 5) is 51.0. The molecule has 3 N–H and O–H groups in total. The zero-order valence-corrected chi connectivity index (χ0v) is 17.1. The van der Waals surface area contributed by atoms with Crippen LogP contribution >= 0.6 is 0 Å². The van der Waals surface area contributed by atoms with Gasteiger partial charge in [0.1, 0.15) is 6.04 Å². The van der Waals surface area contributed by atoms with E-state index in [1.54, 1.807) is 16.8 Å². The van der Waals surface area contributed by atoms with Gasteiger partial charge in [0.05, 0.1) is 13.1 Å². The van der Waals surface area contributed by atoms with E-state index in [1.165, 1.54) is 0 Å². The summed E-state index contributed by atoms with van der Waals surface area (Å²) < 4.78 is 0. The maximum atomic E-state index is 12.5. The molecule has 0 unspecified atom stereocenters. The van der Waals surface area contributed by atoms with Gasteiger partial charge in [0.2, 0.25) is 24.1 Å². The van der Waals surface area contributed by atoms with Crippen molar-refractivity contribution in [3.05, 3.63) is 0 Å². The molecular weight excluding hydrogens is 362 g/mol. The van der Waals surface area contributed by atoms with E-state index in [0.717, 1.165) is 32.3 Å². The minimum Gasteiger partial charge on any atom is -0.345 e. The van der Waals surface area contributed by atoms with Crippen molar-refractivity contribution in [3.8, 4) is 0 Å². The standard InChI is InChI=1S/C19H33N5O4/c1-14(2)8-15(22-16(26)9-20-3)18(28)21-10-17(27)24-11-19(12-24)4-6-23(13-25)7-5-19/h13-15,20H,4-12H2,1-3H3,(H,21,28)(H,22,26)/t15-/m1/s1. The Morgan fingerprint density at radius 1 is 1.11 bits per heavy atom. The van der Waals surface area contributed by atoms with Crippen LogP contribution in [-0.2, 0) is 19.2 Å². The molecule has 0 radical (unpaired) electrons. The molecule has 4 amide bonds. The number of likely N-dealkylation sites (N-methyl/N-ethyl adjacent to an activating group) is 1. The zero-order valence-electron chi connectivity index (χ0n) is 17.1. The van der Waals surface area contributed by atoms with Gasteiger partial charge >= 0.3 is 0 Å². The van der Waals surface area contributed by atoms with Crippen LogP contribution in [0.5, 0.6) is 0 Å². The van der Waals surface area contributed by atoms with Crippen molar-refractivity contribution in [2.24, 2.45) is 11.3 Å². The van der Waals surface area contributed by atoms with E-state index < -0.39 is 6.04 Å². The Bertz CT molecular complexity index is 579. The lowest BCUT2D eigenvalue weighted by atomic mass is 9.72. The molecule has 0 aromatic rings. The number of hydrogen-bond donors (Lipinski definition) is 3. The van der Waals surface area contributed by atoms with E-state index in [-0.39, 0.29) is 42.1 Å². The molecule has 0 aromatic carbocycles. The minimum absolute atomic E-state index is 0.0636. The Kier molecular flexibility index (Phi) is 7.79. The highest BCUT2D eigenvalue weighted by molar-refractivity contribution is 5.91. The molecule has 2 aliphatic heterocycles. The van der Waals surface area contributed by atoms with Crippen LogP contribution in [0.25, 0.3) is 0 Å². The van der Waals surface area contributed by atoms with E-state index in [2.05, 4.69) is 16.0 Å². The maximum Gasteiger partial charge on any atom is 0.243 e. The van der Waals surface area contributed by atoms with Gasteiger partial charge < -0.3 is 25.8 Å². The van der Waals surface area contributed by atoms with E-state index in [9.17, 15) is 19.2 Å². The van der Waals surface area contributed by atoms with E-state index in [0.29, 0.717) is 19.5 Å². The van der Waals surface area contributed by atoms with Gasteiger partial charge in [-0.15, -0.1) is 0 Å². The van der Waals surface area contributed by atoms with Crippen LogP contribution < -0.4 is 16.0 Å². The van der Waals surface area contributed by atoms with Gasteiger partial charge in [0, 0.05) is 31.6 Å². The second-order valence-corrected chi connectivity index (χ2v) is 8.39. The first-order valence-electron chi connectivity index (χ1n) is 9.97. The molecule has 9 nitrogen and oxygen atoms in total. The molecule has 2 aliphatic rings. The summed E-state index contributed by atoms with van der Waals surface area (Å²) in [5, 5.41) is 8.14. The van der Waals surface area contributed by atoms with Crippen LogP contribution in [-0.4, -0.2) is 86.3 Å². The van der Waals surface area contributed by atoms with E-state index in [1.807, 2.05) is 13.8 Å². The zero-order chi connectivity index (χ0) is 20.7. The van der Waals surface area contributed by atoms with Gasteiger partial charge in [-0.1, -0.05) is 13.8 Å². The fraction of sp³-hybridized carbons (Fsp3) is 0.789. The molecule has 0 bridgehead atoms. The first-order chi connectivity index (χ1) is 13.3. The summed E-state index contributed by atoms with van der Waals surface area (Å²) in [5.41, 5.74) is 0.125. The number of carbonyl (C=O) groups excluding carboxylic acids is 4. The summed E-state index contributed by atoms with van der Waals surface area (Å²) in [5.74, 6) is -0.461. The molecule has 1 spiro atoms. The molecule has 28 heavy (non-hydrogen) atoms. The number of amides is 4. The summed E-state index contributed by atoms with van der Waals surface area (Å²) in [7, 11) is 1.67. The van der Waals surface area contributed by atoms with Crippen molar-refractivity contribution >= 4 is 24.1 Å². The molecule has 2 heterocycles. The third kappa shape index (κ3) is 5.92. The number of nitrogens with zero attached hydrogens (tertiary/aromatic N) is 2. The highest BCUT2D eigenvalue weighted by Gasteiger charge is 2.46. The lowest BCUT2D eigenvalue weighted by Crippen LogP contribution is -2.63. The average Bonchev–Trinajstić information content (AvgIpc) is 2.63. The molecule has 0 aromatic heterocycles. The van der Waals surface area contributed by atoms with Gasteiger partial charge in [-0.05, 0) is 32.2 Å². The molecule has 2 fully saturated rings. The third-order valence-electron chi connectivity index (χ3n) is 5.52. The fourth-order valence-corrected chi connectivity index (χ4v) is 3.87. The monoisotopic (exact) mass is 395 g/mol. The van der Waals surface area contributed by atoms with Gasteiger partial charge in [0.25, 0.3) is 0 Å². The third-order valence-corrected chi connectivity index (χ3v) is 5.52. The smallest absolute Gasteiger partial charge is 0.243 e. The van der Waals surface area contributed by atoms with E-state index >= 15 is 0 Å². The maximum absolute atomic E-state index is 12.5. The Morgan fingerprint density at radius 3 is 2.29 bits per heavy atom. The highest BCUT2D eigenvalue weighted by atomic mass is 16.2. The van der Waals surface area contributed by atoms with Gasteiger partial charge in [-0.25, -0.2) is 0 Å². The average molecular weight is 396 g/mol. The Hall–Kier alpha value is -2.16. The first-order valence-corrected chi connectivity index (χ1v) is 9.97. The predicted molar refractivity (Wildman–Crippen MR) is 104 cm³/mol. The number of hydrogen-bond acceptors (Lipinski definition) is 5. The molecule has 2 rings (SSSR count). The van der Waals surface area contributed by atoms with Crippen LogP contribution in [0.1, 0.15) is 33.1 Å². The number of carbonyl (C=O) groups is 4. The van der Waals surface area contributed by atoms with Crippen LogP contribution in [0.3, 0.4) is 0 Å². The SMILES string of the molecule is CNCC(=O)N[C@H](CC(C)C)C(=O)NCC(=O)N1CC2(CCN(C=O)CC2)C1. The van der Waals surface area contributed by atoms with Crippen LogP contribution in [0, 0.1) is 11.3 Å². The molecule has 0 saturated carbocycles. The summed E-state index contributed by atoms with van der Waals surface area (Å²) in [6.07, 6.45) is 3.22. The van der Waals surface area contributed by atoms with Gasteiger partial charge in [-0.2, -0.15) is 0 Å². The molecule has 9 heteroatoms. The van der Waals surface area contributed by atoms with Crippen molar-refractivity contribution < 1.29 is 19.2 Å². The van der Waals surface area contributed by atoms with Crippen molar-refractivity contribution in [3.63, 3.8) is 0 Å². The van der Waals surface area contributed by atoms with E-state index in [4.69, 9.17) is 0 Å². The van der Waals surface area contributed by atoms with Crippen LogP contribution in [0.15, 0.2) is 0 Å². The second kappa shape index (κ2) is 9.86. The van der Waals surface area contributed by atoms with Crippen molar-refractivity contribution in [1.82, 2.24) is 25.8 Å². The Balaban J connectivity index is 1.77. The lowest BCUT2D eigenvalue weighted by Gasteiger charge is -2.53. The Morgan fingerprint density at radius 2 is 1.75 bits per heavy atom. The molecule has 2 saturated heterocycles. The highest BCUT2D eigenvalue weighted by Crippen LogP contribution is 2.40. The van der Waals surface area contributed by atoms with Gasteiger partial charge in [0.15, 0.2) is 0 Å². The fourth-order valence-electron chi connectivity index (χ4n) is 3.87. The topological polar surface area (TPSA) is 111 Å². The Labute approximate surface area is 166 Å². The van der Waals surface area contributed by atoms with Crippen molar-refractivity contribution in [2.45, 2.75) is 39.2 Å². The summed E-state index contributed by atoms with van der Waals surface area (Å²) in [6.45, 7) is 6.88. The summed E-state index contributed by atoms with van der Waals surface area (Å²) >= 11 is 0. The summed E-state index contributed by atoms with van der Waals surface area (Å²) in [6, 6.07) is -0.649. The number of piperidine rings is 1. The number of nitrogens with one attached hydrogen (secondary N) is 3. The molecule has 0 aliphatic carbocycles. The second-order valence-electron chi connectivity index (χ2n) is 8.39. The molecular formula is C19H33N5O4.